The first-order valence-corrected chi connectivity index (χ1v) is 6.62. The number of rotatable bonds is 4. The topological polar surface area (TPSA) is 39.9 Å². The van der Waals surface area contributed by atoms with E-state index in [1.165, 1.54) is 0 Å². The van der Waals surface area contributed by atoms with Gasteiger partial charge in [-0.25, -0.2) is 0 Å². The Balaban J connectivity index is 0.00000133. The summed E-state index contributed by atoms with van der Waals surface area (Å²) in [6.45, 7) is 2.56. The van der Waals surface area contributed by atoms with Crippen molar-refractivity contribution in [3.63, 3.8) is 0 Å². The first-order valence-electron chi connectivity index (χ1n) is 5.74. The Morgan fingerprint density at radius 3 is 2.84 bits per heavy atom. The van der Waals surface area contributed by atoms with E-state index in [1.54, 1.807) is 16.0 Å². The normalized spacial score (nSPS) is 10.4. The van der Waals surface area contributed by atoms with Crippen molar-refractivity contribution >= 4 is 22.4 Å². The van der Waals surface area contributed by atoms with E-state index in [2.05, 4.69) is 10.3 Å². The van der Waals surface area contributed by atoms with Crippen LogP contribution in [0, 0.1) is 6.23 Å². The summed E-state index contributed by atoms with van der Waals surface area (Å²) in [5.41, 5.74) is 1.82. The Bertz CT molecular complexity index is 638. The van der Waals surface area contributed by atoms with Crippen molar-refractivity contribution in [1.82, 2.24) is 15.0 Å². The predicted molar refractivity (Wildman–Crippen MR) is 71.2 cm³/mol. The monoisotopic (exact) mass is 265 g/mol. The quantitative estimate of drug-likeness (QED) is 0.489. The van der Waals surface area contributed by atoms with E-state index in [9.17, 15) is 0 Å². The van der Waals surface area contributed by atoms with Crippen LogP contribution >= 0.6 is 11.3 Å². The molecule has 3 aromatic rings. The van der Waals surface area contributed by atoms with Crippen LogP contribution in [0.15, 0.2) is 41.8 Å². The number of para-hydroxylation sites is 1. The largest absolute Gasteiger partial charge is 1.00 e. The zero-order valence-electron chi connectivity index (χ0n) is 10.9. The molecule has 0 spiro atoms. The zero-order valence-corrected chi connectivity index (χ0v) is 11.7. The van der Waals surface area contributed by atoms with Gasteiger partial charge in [-0.2, -0.15) is 11.3 Å². The average Bonchev–Trinajstić information content (AvgIpc) is 3.06. The summed E-state index contributed by atoms with van der Waals surface area (Å²) >= 11 is 1.63. The minimum absolute atomic E-state index is 0. The van der Waals surface area contributed by atoms with Gasteiger partial charge >= 0.3 is 18.9 Å². The number of ether oxygens (including phenoxy) is 1. The van der Waals surface area contributed by atoms with E-state index in [-0.39, 0.29) is 18.9 Å². The fourth-order valence-electron chi connectivity index (χ4n) is 1.79. The zero-order chi connectivity index (χ0) is 12.4. The molecule has 92 valence electrons. The van der Waals surface area contributed by atoms with Gasteiger partial charge in [0.15, 0.2) is 0 Å². The molecule has 0 amide bonds. The number of benzene rings is 1. The fourth-order valence-corrected chi connectivity index (χ4v) is 2.50. The van der Waals surface area contributed by atoms with Crippen LogP contribution in [0.5, 0.6) is 0 Å². The van der Waals surface area contributed by atoms with Gasteiger partial charge in [0.2, 0.25) is 0 Å². The molecule has 0 atom stereocenters. The van der Waals surface area contributed by atoms with Gasteiger partial charge in [-0.15, -0.1) is 17.2 Å². The van der Waals surface area contributed by atoms with Gasteiger partial charge in [0.1, 0.15) is 0 Å². The molecule has 19 heavy (non-hydrogen) atoms. The molecule has 0 bridgehead atoms. The van der Waals surface area contributed by atoms with Gasteiger partial charge in [0.05, 0.1) is 11.7 Å². The molecule has 0 radical (unpaired) electrons. The van der Waals surface area contributed by atoms with E-state index >= 15 is 0 Å². The van der Waals surface area contributed by atoms with Crippen LogP contribution in [-0.2, 0) is 4.74 Å². The molecule has 0 N–H and O–H groups in total. The first kappa shape index (κ1) is 14.2. The van der Waals surface area contributed by atoms with Crippen molar-refractivity contribution in [2.45, 2.75) is 6.92 Å². The molecular formula is C13H12LiN3OS. The minimum Gasteiger partial charge on any atom is -0.388 e. The Labute approximate surface area is 127 Å². The summed E-state index contributed by atoms with van der Waals surface area (Å²) in [5, 5.41) is 10.4. The number of aromatic nitrogens is 3. The van der Waals surface area contributed by atoms with Crippen LogP contribution < -0.4 is 18.9 Å². The van der Waals surface area contributed by atoms with Crippen molar-refractivity contribution in [2.24, 2.45) is 0 Å². The third-order valence-electron chi connectivity index (χ3n) is 2.56. The summed E-state index contributed by atoms with van der Waals surface area (Å²) in [7, 11) is 0. The van der Waals surface area contributed by atoms with Crippen molar-refractivity contribution in [2.75, 3.05) is 6.61 Å². The number of hydrogen-bond donors (Lipinski definition) is 0. The van der Waals surface area contributed by atoms with Crippen LogP contribution in [-0.4, -0.2) is 21.6 Å². The molecule has 3 rings (SSSR count). The maximum absolute atomic E-state index is 5.73. The van der Waals surface area contributed by atoms with Gasteiger partial charge in [0.25, 0.3) is 0 Å². The van der Waals surface area contributed by atoms with Crippen molar-refractivity contribution in [1.29, 1.82) is 0 Å². The van der Waals surface area contributed by atoms with Crippen LogP contribution in [0.3, 0.4) is 0 Å². The molecule has 4 nitrogen and oxygen atoms in total. The van der Waals surface area contributed by atoms with E-state index < -0.39 is 0 Å². The molecule has 6 heteroatoms. The van der Waals surface area contributed by atoms with E-state index in [0.29, 0.717) is 6.61 Å². The summed E-state index contributed by atoms with van der Waals surface area (Å²) in [6.07, 6.45) is 0.737. The average molecular weight is 265 g/mol. The van der Waals surface area contributed by atoms with Crippen molar-refractivity contribution < 1.29 is 23.6 Å². The standard InChI is InChI=1S/C13H12N3OS.Li/c1-2-17-13(12-8-5-9-18-12)16-11-7-4-3-6-10(11)14-15-16;/h3-9H,2H2,1H3;/q-1;+1. The molecular weight excluding hydrogens is 253 g/mol. The van der Waals surface area contributed by atoms with E-state index in [4.69, 9.17) is 4.74 Å². The Morgan fingerprint density at radius 2 is 2.11 bits per heavy atom. The molecule has 0 fully saturated rings. The molecule has 0 aliphatic heterocycles. The molecule has 0 aliphatic carbocycles. The minimum atomic E-state index is 0. The van der Waals surface area contributed by atoms with Gasteiger partial charge in [-0.3, -0.25) is 4.68 Å². The van der Waals surface area contributed by atoms with Gasteiger partial charge in [0, 0.05) is 6.61 Å². The maximum Gasteiger partial charge on any atom is 1.00 e. The molecule has 0 saturated carbocycles. The number of thiophene rings is 1. The second-order valence-corrected chi connectivity index (χ2v) is 4.65. The fraction of sp³-hybridized carbons (Fsp3) is 0.154. The Hall–Kier alpha value is -1.25. The summed E-state index contributed by atoms with van der Waals surface area (Å²) in [6, 6.07) is 11.9. The summed E-state index contributed by atoms with van der Waals surface area (Å²) < 4.78 is 7.48. The molecule has 0 saturated heterocycles. The molecule has 0 aliphatic rings. The van der Waals surface area contributed by atoms with Gasteiger partial charge < -0.3 is 4.74 Å². The first-order chi connectivity index (χ1) is 8.90. The maximum atomic E-state index is 5.73. The second kappa shape index (κ2) is 6.26. The van der Waals surface area contributed by atoms with E-state index in [0.717, 1.165) is 22.1 Å². The Kier molecular flexibility index (Phi) is 4.67. The van der Waals surface area contributed by atoms with Crippen LogP contribution in [0.25, 0.3) is 11.0 Å². The summed E-state index contributed by atoms with van der Waals surface area (Å²) in [4.78, 5) is 1.05. The third kappa shape index (κ3) is 2.70. The molecule has 2 heterocycles. The molecule has 1 aromatic carbocycles. The number of hydrogen-bond acceptors (Lipinski definition) is 4. The van der Waals surface area contributed by atoms with E-state index in [1.807, 2.05) is 48.7 Å². The number of fused-ring (bicyclic) bond motifs is 1. The third-order valence-corrected chi connectivity index (χ3v) is 3.42. The number of nitrogens with zero attached hydrogens (tertiary/aromatic N) is 3. The van der Waals surface area contributed by atoms with Gasteiger partial charge in [-0.05, 0) is 28.8 Å². The van der Waals surface area contributed by atoms with Crippen LogP contribution in [0.4, 0.5) is 0 Å². The van der Waals surface area contributed by atoms with Crippen LogP contribution in [0.2, 0.25) is 0 Å². The summed E-state index contributed by atoms with van der Waals surface area (Å²) in [5.74, 6) is 0. The Morgan fingerprint density at radius 1 is 1.26 bits per heavy atom. The van der Waals surface area contributed by atoms with Crippen molar-refractivity contribution in [3.8, 4) is 0 Å². The smallest absolute Gasteiger partial charge is 0.388 e. The second-order valence-electron chi connectivity index (χ2n) is 3.71. The molecule has 2 aromatic heterocycles. The SMILES string of the molecule is CCO[C-](c1cccs1)n1nnc2ccccc21.[Li+]. The molecule has 0 unspecified atom stereocenters. The van der Waals surface area contributed by atoms with Crippen LogP contribution in [0.1, 0.15) is 11.8 Å². The van der Waals surface area contributed by atoms with Gasteiger partial charge in [-0.1, -0.05) is 23.4 Å². The predicted octanol–water partition coefficient (Wildman–Crippen LogP) is -0.0808. The van der Waals surface area contributed by atoms with Crippen molar-refractivity contribution in [3.05, 3.63) is 52.9 Å².